The zero-order valence-electron chi connectivity index (χ0n) is 8.72. The summed E-state index contributed by atoms with van der Waals surface area (Å²) in [6.07, 6.45) is 2.85. The van der Waals surface area contributed by atoms with E-state index in [-0.39, 0.29) is 5.41 Å². The van der Waals surface area contributed by atoms with Gasteiger partial charge in [-0.1, -0.05) is 46.2 Å². The Morgan fingerprint density at radius 2 is 1.83 bits per heavy atom. The smallest absolute Gasteiger partial charge is 0.124 e. The van der Waals surface area contributed by atoms with Crippen molar-refractivity contribution in [1.29, 1.82) is 0 Å². The van der Waals surface area contributed by atoms with E-state index in [1.807, 2.05) is 6.07 Å². The molecule has 0 saturated carbocycles. The van der Waals surface area contributed by atoms with Crippen LogP contribution in [0, 0.1) is 0 Å². The van der Waals surface area contributed by atoms with E-state index in [0.29, 0.717) is 0 Å². The molecule has 0 aliphatic rings. The van der Waals surface area contributed by atoms with E-state index in [2.05, 4.69) is 39.8 Å². The molecule has 0 aromatic carbocycles. The molecule has 1 heterocycles. The molecule has 0 spiro atoms. The van der Waals surface area contributed by atoms with E-state index in [1.165, 1.54) is 6.42 Å². The highest BCUT2D eigenvalue weighted by atomic mass is 16.5. The van der Waals surface area contributed by atoms with Crippen molar-refractivity contribution in [2.45, 2.75) is 46.5 Å². The molecule has 0 N–H and O–H groups in total. The molecule has 0 unspecified atom stereocenters. The summed E-state index contributed by atoms with van der Waals surface area (Å²) in [7, 11) is 0. The first-order chi connectivity index (χ1) is 5.52. The normalized spacial score (nSPS) is 10.4. The number of hydrogen-bond donors (Lipinski definition) is 0. The highest BCUT2D eigenvalue weighted by Gasteiger charge is 2.15. The van der Waals surface area contributed by atoms with E-state index < -0.39 is 0 Å². The second kappa shape index (κ2) is 4.96. The summed E-state index contributed by atoms with van der Waals surface area (Å²) in [6.45, 7) is 10.6. The van der Waals surface area contributed by atoms with E-state index in [9.17, 15) is 0 Å². The molecule has 0 aliphatic carbocycles. The van der Waals surface area contributed by atoms with Crippen LogP contribution in [0.1, 0.15) is 46.7 Å². The second-order valence-corrected chi connectivity index (χ2v) is 3.84. The minimum absolute atomic E-state index is 0.118. The molecular weight excluding hydrogens is 150 g/mol. The van der Waals surface area contributed by atoms with Crippen LogP contribution >= 0.6 is 0 Å². The van der Waals surface area contributed by atoms with Gasteiger partial charge in [-0.15, -0.1) is 0 Å². The lowest BCUT2D eigenvalue weighted by atomic mass is 9.93. The van der Waals surface area contributed by atoms with Crippen LogP contribution in [0.25, 0.3) is 0 Å². The molecule has 0 atom stereocenters. The largest absolute Gasteiger partial charge is 0.364 e. The third-order valence-corrected chi connectivity index (χ3v) is 1.21. The average molecular weight is 169 g/mol. The van der Waals surface area contributed by atoms with Crippen molar-refractivity contribution in [2.24, 2.45) is 0 Å². The zero-order chi connectivity index (χ0) is 9.61. The maximum Gasteiger partial charge on any atom is 0.124 e. The summed E-state index contributed by atoms with van der Waals surface area (Å²) >= 11 is 0. The molecule has 1 rings (SSSR count). The zero-order valence-corrected chi connectivity index (χ0v) is 8.72. The van der Waals surface area contributed by atoms with Crippen molar-refractivity contribution >= 4 is 0 Å². The van der Waals surface area contributed by atoms with Gasteiger partial charge < -0.3 is 4.52 Å². The number of aromatic nitrogens is 1. The van der Waals surface area contributed by atoms with Gasteiger partial charge in [-0.05, 0) is 0 Å². The lowest BCUT2D eigenvalue weighted by Crippen LogP contribution is -2.10. The van der Waals surface area contributed by atoms with Gasteiger partial charge >= 0.3 is 0 Å². The first kappa shape index (κ1) is 11.2. The van der Waals surface area contributed by atoms with Gasteiger partial charge in [0.15, 0.2) is 0 Å². The standard InChI is InChI=1S/C7H11NO.C3H8/c1-7(2,3)6-4-5-9-8-6;1-3-2/h4-5H,1-3H3;3H2,1-2H3. The van der Waals surface area contributed by atoms with E-state index in [4.69, 9.17) is 4.52 Å². The summed E-state index contributed by atoms with van der Waals surface area (Å²) in [6, 6.07) is 1.89. The van der Waals surface area contributed by atoms with Gasteiger partial charge in [0.05, 0.1) is 5.69 Å². The maximum absolute atomic E-state index is 4.69. The molecule has 2 heteroatoms. The Morgan fingerprint density at radius 1 is 1.33 bits per heavy atom. The quantitative estimate of drug-likeness (QED) is 0.595. The van der Waals surface area contributed by atoms with Crippen molar-refractivity contribution in [2.75, 3.05) is 0 Å². The Kier molecular flexibility index (Phi) is 4.64. The summed E-state index contributed by atoms with van der Waals surface area (Å²) in [4.78, 5) is 0. The molecule has 0 amide bonds. The highest BCUT2D eigenvalue weighted by Crippen LogP contribution is 2.18. The Labute approximate surface area is 75.0 Å². The fourth-order valence-corrected chi connectivity index (χ4v) is 0.599. The summed E-state index contributed by atoms with van der Waals surface area (Å²) < 4.78 is 4.69. The molecule has 0 bridgehead atoms. The third-order valence-electron chi connectivity index (χ3n) is 1.21. The van der Waals surface area contributed by atoms with E-state index >= 15 is 0 Å². The molecule has 2 nitrogen and oxygen atoms in total. The minimum Gasteiger partial charge on any atom is -0.364 e. The van der Waals surface area contributed by atoms with Crippen LogP contribution in [-0.2, 0) is 5.41 Å². The van der Waals surface area contributed by atoms with E-state index in [1.54, 1.807) is 6.26 Å². The average Bonchev–Trinajstić information content (AvgIpc) is 2.36. The van der Waals surface area contributed by atoms with Gasteiger partial charge in [0.2, 0.25) is 0 Å². The predicted octanol–water partition coefficient (Wildman–Crippen LogP) is 3.39. The highest BCUT2D eigenvalue weighted by molar-refractivity contribution is 5.07. The summed E-state index contributed by atoms with van der Waals surface area (Å²) in [5, 5.41) is 3.81. The Hall–Kier alpha value is -0.790. The van der Waals surface area contributed by atoms with Gasteiger partial charge in [-0.2, -0.15) is 0 Å². The van der Waals surface area contributed by atoms with Crippen LogP contribution in [0.3, 0.4) is 0 Å². The number of hydrogen-bond acceptors (Lipinski definition) is 2. The van der Waals surface area contributed by atoms with Crippen LogP contribution < -0.4 is 0 Å². The number of nitrogens with zero attached hydrogens (tertiary/aromatic N) is 1. The van der Waals surface area contributed by atoms with Crippen molar-refractivity contribution in [3.63, 3.8) is 0 Å². The molecule has 0 saturated heterocycles. The summed E-state index contributed by atoms with van der Waals surface area (Å²) in [5.41, 5.74) is 1.12. The van der Waals surface area contributed by atoms with Crippen LogP contribution in [0.2, 0.25) is 0 Å². The summed E-state index contributed by atoms with van der Waals surface area (Å²) in [5.74, 6) is 0. The van der Waals surface area contributed by atoms with Gasteiger partial charge in [0.1, 0.15) is 6.26 Å². The molecule has 0 aliphatic heterocycles. The van der Waals surface area contributed by atoms with Crippen molar-refractivity contribution in [3.8, 4) is 0 Å². The second-order valence-electron chi connectivity index (χ2n) is 3.84. The SMILES string of the molecule is CC(C)(C)c1ccon1.CCC. The topological polar surface area (TPSA) is 26.0 Å². The molecule has 0 fully saturated rings. The molecule has 1 aromatic rings. The fourth-order valence-electron chi connectivity index (χ4n) is 0.599. The molecule has 12 heavy (non-hydrogen) atoms. The monoisotopic (exact) mass is 169 g/mol. The van der Waals surface area contributed by atoms with Crippen LogP contribution in [0.15, 0.2) is 16.9 Å². The molecule has 0 radical (unpaired) electrons. The Bertz CT molecular complexity index is 184. The Morgan fingerprint density at radius 3 is 2.00 bits per heavy atom. The van der Waals surface area contributed by atoms with Crippen LogP contribution in [0.4, 0.5) is 0 Å². The lowest BCUT2D eigenvalue weighted by Gasteiger charge is -2.12. The minimum atomic E-state index is 0.118. The van der Waals surface area contributed by atoms with Crippen LogP contribution in [0.5, 0.6) is 0 Å². The molecule has 1 aromatic heterocycles. The van der Waals surface area contributed by atoms with Gasteiger partial charge in [-0.3, -0.25) is 0 Å². The van der Waals surface area contributed by atoms with Crippen molar-refractivity contribution in [1.82, 2.24) is 5.16 Å². The van der Waals surface area contributed by atoms with Crippen molar-refractivity contribution in [3.05, 3.63) is 18.0 Å². The molecular formula is C10H19NO. The fraction of sp³-hybridized carbons (Fsp3) is 0.700. The van der Waals surface area contributed by atoms with Gasteiger partial charge in [0, 0.05) is 11.5 Å². The number of rotatable bonds is 0. The van der Waals surface area contributed by atoms with Crippen LogP contribution in [-0.4, -0.2) is 5.16 Å². The Balaban J connectivity index is 0.000000354. The first-order valence-electron chi connectivity index (χ1n) is 4.43. The predicted molar refractivity (Wildman–Crippen MR) is 51.2 cm³/mol. The van der Waals surface area contributed by atoms with Crippen molar-refractivity contribution < 1.29 is 4.52 Å². The van der Waals surface area contributed by atoms with Gasteiger partial charge in [0.25, 0.3) is 0 Å². The maximum atomic E-state index is 4.69. The molecule has 70 valence electrons. The van der Waals surface area contributed by atoms with Gasteiger partial charge in [-0.25, -0.2) is 0 Å². The third kappa shape index (κ3) is 4.16. The van der Waals surface area contributed by atoms with E-state index in [0.717, 1.165) is 5.69 Å². The lowest BCUT2D eigenvalue weighted by molar-refractivity contribution is 0.393. The first-order valence-corrected chi connectivity index (χ1v) is 4.43.